The van der Waals surface area contributed by atoms with Crippen LogP contribution in [0.1, 0.15) is 26.5 Å². The molecule has 0 spiro atoms. The van der Waals surface area contributed by atoms with E-state index in [4.69, 9.17) is 12.2 Å². The molecule has 0 radical (unpaired) electrons. The molecule has 1 aromatic rings. The molecule has 1 heterocycles. The lowest BCUT2D eigenvalue weighted by molar-refractivity contribution is 0.801. The van der Waals surface area contributed by atoms with Crippen LogP contribution >= 0.6 is 24.0 Å². The Morgan fingerprint density at radius 2 is 1.92 bits per heavy atom. The molecule has 0 aliphatic heterocycles. The second kappa shape index (κ2) is 3.84. The molecule has 0 bridgehead atoms. The van der Waals surface area contributed by atoms with Gasteiger partial charge < -0.3 is 4.98 Å². The minimum atomic E-state index is 0.252. The number of hydrogen-bond donors (Lipinski definition) is 1. The van der Waals surface area contributed by atoms with Crippen molar-refractivity contribution in [3.05, 3.63) is 22.5 Å². The van der Waals surface area contributed by atoms with Gasteiger partial charge in [0.2, 0.25) is 0 Å². The monoisotopic (exact) mass is 213 g/mol. The Bertz CT molecular complexity index is 347. The van der Waals surface area contributed by atoms with Gasteiger partial charge in [0.1, 0.15) is 4.64 Å². The molecular formula is C10H15NS2. The predicted molar refractivity (Wildman–Crippen MR) is 62.0 cm³/mol. The lowest BCUT2D eigenvalue weighted by atomic mass is 10.3. The molecule has 13 heavy (non-hydrogen) atoms. The zero-order valence-corrected chi connectivity index (χ0v) is 10.1. The summed E-state index contributed by atoms with van der Waals surface area (Å²) in [6.07, 6.45) is 0. The summed E-state index contributed by atoms with van der Waals surface area (Å²) in [5.41, 5.74) is 1.16. The van der Waals surface area contributed by atoms with E-state index in [1.165, 1.54) is 4.90 Å². The molecule has 0 unspecified atom stereocenters. The van der Waals surface area contributed by atoms with Gasteiger partial charge in [-0.15, -0.1) is 11.8 Å². The van der Waals surface area contributed by atoms with Crippen molar-refractivity contribution in [2.24, 2.45) is 0 Å². The molecule has 0 aliphatic rings. The van der Waals surface area contributed by atoms with Gasteiger partial charge >= 0.3 is 0 Å². The maximum absolute atomic E-state index is 5.04. The third kappa shape index (κ3) is 3.53. The lowest BCUT2D eigenvalue weighted by Crippen LogP contribution is -2.07. The molecule has 1 rings (SSSR count). The minimum absolute atomic E-state index is 0.252. The van der Waals surface area contributed by atoms with Gasteiger partial charge in [0, 0.05) is 15.3 Å². The minimum Gasteiger partial charge on any atom is -0.349 e. The summed E-state index contributed by atoms with van der Waals surface area (Å²) in [6.45, 7) is 8.68. The average Bonchev–Trinajstić information content (AvgIpc) is 1.93. The number of aromatic amines is 1. The Kier molecular flexibility index (Phi) is 3.19. The molecule has 3 heteroatoms. The highest BCUT2D eigenvalue weighted by Gasteiger charge is 2.13. The van der Waals surface area contributed by atoms with Crippen LogP contribution in [-0.4, -0.2) is 9.73 Å². The number of nitrogens with one attached hydrogen (secondary N) is 1. The van der Waals surface area contributed by atoms with E-state index >= 15 is 0 Å². The molecule has 0 fully saturated rings. The Hall–Kier alpha value is -0.280. The van der Waals surface area contributed by atoms with Crippen molar-refractivity contribution in [2.75, 3.05) is 0 Å². The molecule has 0 saturated heterocycles. The van der Waals surface area contributed by atoms with E-state index in [0.29, 0.717) is 0 Å². The topological polar surface area (TPSA) is 15.8 Å². The van der Waals surface area contributed by atoms with Gasteiger partial charge in [0.05, 0.1) is 0 Å². The van der Waals surface area contributed by atoms with E-state index in [1.807, 2.05) is 17.8 Å². The van der Waals surface area contributed by atoms with E-state index in [2.05, 4.69) is 38.7 Å². The smallest absolute Gasteiger partial charge is 0.103 e. The van der Waals surface area contributed by atoms with Crippen LogP contribution in [0, 0.1) is 11.6 Å². The highest BCUT2D eigenvalue weighted by molar-refractivity contribution is 8.00. The van der Waals surface area contributed by atoms with Crippen LogP contribution in [0.15, 0.2) is 17.0 Å². The maximum atomic E-state index is 5.04. The molecule has 0 amide bonds. The number of pyridine rings is 1. The summed E-state index contributed by atoms with van der Waals surface area (Å²) in [6, 6.07) is 4.03. The summed E-state index contributed by atoms with van der Waals surface area (Å²) >= 11 is 6.89. The largest absolute Gasteiger partial charge is 0.349 e. The fraction of sp³-hybridized carbons (Fsp3) is 0.500. The number of hydrogen-bond acceptors (Lipinski definition) is 2. The number of aryl methyl sites for hydroxylation is 1. The normalized spacial score (nSPS) is 11.7. The third-order valence-electron chi connectivity index (χ3n) is 1.48. The Morgan fingerprint density at radius 1 is 1.31 bits per heavy atom. The number of aromatic nitrogens is 1. The summed E-state index contributed by atoms with van der Waals surface area (Å²) in [5.74, 6) is 0. The standard InChI is InChI=1S/C10H15NS2/c1-7-8(13-10(2,3)4)5-6-9(12)11-7/h5-6H,1-4H3,(H,11,12). The van der Waals surface area contributed by atoms with Gasteiger partial charge in [-0.1, -0.05) is 33.0 Å². The van der Waals surface area contributed by atoms with Crippen molar-refractivity contribution in [1.82, 2.24) is 4.98 Å². The summed E-state index contributed by atoms with van der Waals surface area (Å²) < 4.78 is 1.05. The van der Waals surface area contributed by atoms with Gasteiger partial charge in [-0.3, -0.25) is 0 Å². The van der Waals surface area contributed by atoms with E-state index in [0.717, 1.165) is 10.3 Å². The second-order valence-electron chi connectivity index (χ2n) is 4.03. The number of H-pyrrole nitrogens is 1. The third-order valence-corrected chi connectivity index (χ3v) is 3.00. The van der Waals surface area contributed by atoms with E-state index in [1.54, 1.807) is 0 Å². The first-order chi connectivity index (χ1) is 5.88. The van der Waals surface area contributed by atoms with Crippen LogP contribution < -0.4 is 0 Å². The first-order valence-electron chi connectivity index (χ1n) is 4.27. The van der Waals surface area contributed by atoms with Crippen molar-refractivity contribution in [1.29, 1.82) is 0 Å². The van der Waals surface area contributed by atoms with Crippen LogP contribution in [0.2, 0.25) is 0 Å². The fourth-order valence-electron chi connectivity index (χ4n) is 1.00. The number of thioether (sulfide) groups is 1. The van der Waals surface area contributed by atoms with Crippen molar-refractivity contribution in [3.63, 3.8) is 0 Å². The van der Waals surface area contributed by atoms with Gasteiger partial charge in [0.15, 0.2) is 0 Å². The molecule has 72 valence electrons. The molecule has 1 N–H and O–H groups in total. The van der Waals surface area contributed by atoms with Crippen LogP contribution in [0.4, 0.5) is 0 Å². The van der Waals surface area contributed by atoms with Crippen LogP contribution in [0.3, 0.4) is 0 Å². The highest BCUT2D eigenvalue weighted by atomic mass is 32.2. The molecular weight excluding hydrogens is 198 g/mol. The van der Waals surface area contributed by atoms with Gasteiger partial charge in [0.25, 0.3) is 0 Å². The number of rotatable bonds is 1. The van der Waals surface area contributed by atoms with Gasteiger partial charge in [-0.05, 0) is 19.1 Å². The van der Waals surface area contributed by atoms with Gasteiger partial charge in [-0.25, -0.2) is 0 Å². The Morgan fingerprint density at radius 3 is 2.38 bits per heavy atom. The quantitative estimate of drug-likeness (QED) is 0.561. The molecule has 0 aliphatic carbocycles. The predicted octanol–water partition coefficient (Wildman–Crippen LogP) is 3.94. The summed E-state index contributed by atoms with van der Waals surface area (Å²) in [7, 11) is 0. The van der Waals surface area contributed by atoms with E-state index < -0.39 is 0 Å². The molecule has 1 aromatic heterocycles. The van der Waals surface area contributed by atoms with Crippen LogP contribution in [-0.2, 0) is 0 Å². The van der Waals surface area contributed by atoms with Crippen molar-refractivity contribution in [3.8, 4) is 0 Å². The van der Waals surface area contributed by atoms with Crippen molar-refractivity contribution < 1.29 is 0 Å². The Labute approximate surface area is 89.0 Å². The zero-order valence-electron chi connectivity index (χ0n) is 8.47. The zero-order chi connectivity index (χ0) is 10.1. The first kappa shape index (κ1) is 10.8. The van der Waals surface area contributed by atoms with E-state index in [-0.39, 0.29) is 4.75 Å². The van der Waals surface area contributed by atoms with Crippen LogP contribution in [0.5, 0.6) is 0 Å². The lowest BCUT2D eigenvalue weighted by Gasteiger charge is -2.18. The van der Waals surface area contributed by atoms with Crippen molar-refractivity contribution >= 4 is 24.0 Å². The maximum Gasteiger partial charge on any atom is 0.103 e. The average molecular weight is 213 g/mol. The highest BCUT2D eigenvalue weighted by Crippen LogP contribution is 2.32. The SMILES string of the molecule is Cc1[nH]c(=S)ccc1SC(C)(C)C. The molecule has 0 saturated carbocycles. The second-order valence-corrected chi connectivity index (χ2v) is 6.33. The summed E-state index contributed by atoms with van der Waals surface area (Å²) in [5, 5.41) is 0. The molecule has 0 aromatic carbocycles. The van der Waals surface area contributed by atoms with Gasteiger partial charge in [-0.2, -0.15) is 0 Å². The van der Waals surface area contributed by atoms with E-state index in [9.17, 15) is 0 Å². The van der Waals surface area contributed by atoms with Crippen LogP contribution in [0.25, 0.3) is 0 Å². The molecule has 1 nitrogen and oxygen atoms in total. The fourth-order valence-corrected chi connectivity index (χ4v) is 2.23. The summed E-state index contributed by atoms with van der Waals surface area (Å²) in [4.78, 5) is 4.43. The molecule has 0 atom stereocenters. The Balaban J connectivity index is 2.97. The first-order valence-corrected chi connectivity index (χ1v) is 5.50. The van der Waals surface area contributed by atoms with Crippen molar-refractivity contribution in [2.45, 2.75) is 37.3 Å².